The number of amides is 3. The van der Waals surface area contributed by atoms with E-state index in [0.717, 1.165) is 24.1 Å². The standard InChI is InChI=1S/C21H24ClN3O2/c22-17-6-4-5-16(15-17)9-10-20(26)23-19-11-13-25(14-12-19)21(27)24-18-7-2-1-3-8-18/h1-8,15,19H,9-14H2,(H,23,26)(H,24,27). The lowest BCUT2D eigenvalue weighted by Crippen LogP contribution is -2.47. The first-order chi connectivity index (χ1) is 13.1. The molecule has 1 heterocycles. The lowest BCUT2D eigenvalue weighted by molar-refractivity contribution is -0.122. The average Bonchev–Trinajstić information content (AvgIpc) is 2.68. The van der Waals surface area contributed by atoms with Gasteiger partial charge in [-0.25, -0.2) is 4.79 Å². The smallest absolute Gasteiger partial charge is 0.321 e. The third kappa shape index (κ3) is 6.00. The largest absolute Gasteiger partial charge is 0.353 e. The van der Waals surface area contributed by atoms with Crippen molar-refractivity contribution >= 4 is 29.2 Å². The van der Waals surface area contributed by atoms with Crippen molar-refractivity contribution in [1.29, 1.82) is 0 Å². The molecule has 5 nitrogen and oxygen atoms in total. The number of nitrogens with one attached hydrogen (secondary N) is 2. The molecule has 1 aliphatic rings. The molecular weight excluding hydrogens is 362 g/mol. The molecule has 2 aromatic carbocycles. The van der Waals surface area contributed by atoms with Gasteiger partial charge in [0.2, 0.25) is 5.91 Å². The van der Waals surface area contributed by atoms with Gasteiger partial charge in [-0.2, -0.15) is 0 Å². The van der Waals surface area contributed by atoms with Gasteiger partial charge in [-0.05, 0) is 49.1 Å². The molecule has 0 spiro atoms. The van der Waals surface area contributed by atoms with Crippen LogP contribution < -0.4 is 10.6 Å². The number of hydrogen-bond acceptors (Lipinski definition) is 2. The van der Waals surface area contributed by atoms with Crippen LogP contribution in [0.4, 0.5) is 10.5 Å². The summed E-state index contributed by atoms with van der Waals surface area (Å²) in [7, 11) is 0. The number of likely N-dealkylation sites (tertiary alicyclic amines) is 1. The van der Waals surface area contributed by atoms with E-state index in [-0.39, 0.29) is 18.0 Å². The number of halogens is 1. The summed E-state index contributed by atoms with van der Waals surface area (Å²) in [4.78, 5) is 26.3. The number of carbonyl (C=O) groups excluding carboxylic acids is 2. The number of anilines is 1. The number of urea groups is 1. The molecule has 0 atom stereocenters. The van der Waals surface area contributed by atoms with Gasteiger partial charge in [0.1, 0.15) is 0 Å². The molecule has 0 radical (unpaired) electrons. The van der Waals surface area contributed by atoms with Gasteiger partial charge in [0.05, 0.1) is 0 Å². The quantitative estimate of drug-likeness (QED) is 0.814. The van der Waals surface area contributed by atoms with Crippen LogP contribution in [0.1, 0.15) is 24.8 Å². The minimum atomic E-state index is -0.0908. The van der Waals surface area contributed by atoms with Gasteiger partial charge in [-0.3, -0.25) is 4.79 Å². The summed E-state index contributed by atoms with van der Waals surface area (Å²) in [6.07, 6.45) is 2.65. The van der Waals surface area contributed by atoms with Crippen LogP contribution in [0, 0.1) is 0 Å². The predicted molar refractivity (Wildman–Crippen MR) is 108 cm³/mol. The van der Waals surface area contributed by atoms with Crippen LogP contribution in [0.25, 0.3) is 0 Å². The number of para-hydroxylation sites is 1. The Morgan fingerprint density at radius 3 is 2.48 bits per heavy atom. The number of hydrogen-bond donors (Lipinski definition) is 2. The summed E-state index contributed by atoms with van der Waals surface area (Å²) in [6.45, 7) is 1.27. The molecule has 2 aromatic rings. The van der Waals surface area contributed by atoms with E-state index in [1.165, 1.54) is 0 Å². The van der Waals surface area contributed by atoms with Crippen molar-refractivity contribution in [2.45, 2.75) is 31.7 Å². The highest BCUT2D eigenvalue weighted by atomic mass is 35.5. The topological polar surface area (TPSA) is 61.4 Å². The molecule has 0 saturated carbocycles. The van der Waals surface area contributed by atoms with Crippen LogP contribution in [0.2, 0.25) is 5.02 Å². The van der Waals surface area contributed by atoms with E-state index in [2.05, 4.69) is 10.6 Å². The molecule has 3 rings (SSSR count). The second-order valence-electron chi connectivity index (χ2n) is 6.75. The monoisotopic (exact) mass is 385 g/mol. The molecule has 0 bridgehead atoms. The highest BCUT2D eigenvalue weighted by molar-refractivity contribution is 6.30. The fourth-order valence-corrected chi connectivity index (χ4v) is 3.41. The first-order valence-electron chi connectivity index (χ1n) is 9.25. The van der Waals surface area contributed by atoms with Gasteiger partial charge in [0.25, 0.3) is 0 Å². The SMILES string of the molecule is O=C(CCc1cccc(Cl)c1)NC1CCN(C(=O)Nc2ccccc2)CC1. The van der Waals surface area contributed by atoms with Gasteiger partial charge in [0, 0.05) is 36.3 Å². The van der Waals surface area contributed by atoms with Crippen molar-refractivity contribution in [3.05, 3.63) is 65.2 Å². The van der Waals surface area contributed by atoms with Crippen molar-refractivity contribution in [2.75, 3.05) is 18.4 Å². The lowest BCUT2D eigenvalue weighted by atomic mass is 10.0. The van der Waals surface area contributed by atoms with Gasteiger partial charge < -0.3 is 15.5 Å². The number of rotatable bonds is 5. The van der Waals surface area contributed by atoms with E-state index in [0.29, 0.717) is 31.0 Å². The maximum atomic E-state index is 12.3. The van der Waals surface area contributed by atoms with Crippen molar-refractivity contribution in [1.82, 2.24) is 10.2 Å². The Bertz CT molecular complexity index is 774. The molecule has 0 aliphatic carbocycles. The number of piperidine rings is 1. The molecule has 1 saturated heterocycles. The molecule has 6 heteroatoms. The number of carbonyl (C=O) groups is 2. The third-order valence-electron chi connectivity index (χ3n) is 4.70. The normalized spacial score (nSPS) is 14.6. The van der Waals surface area contributed by atoms with Crippen molar-refractivity contribution in [3.8, 4) is 0 Å². The minimum absolute atomic E-state index is 0.0437. The second kappa shape index (κ2) is 9.42. The highest BCUT2D eigenvalue weighted by Gasteiger charge is 2.23. The van der Waals surface area contributed by atoms with Gasteiger partial charge in [-0.1, -0.05) is 41.9 Å². The van der Waals surface area contributed by atoms with E-state index in [1.54, 1.807) is 4.90 Å². The fraction of sp³-hybridized carbons (Fsp3) is 0.333. The van der Waals surface area contributed by atoms with Crippen molar-refractivity contribution < 1.29 is 9.59 Å². The Hall–Kier alpha value is -2.53. The average molecular weight is 386 g/mol. The maximum Gasteiger partial charge on any atom is 0.321 e. The second-order valence-corrected chi connectivity index (χ2v) is 7.19. The summed E-state index contributed by atoms with van der Waals surface area (Å²) < 4.78 is 0. The van der Waals surface area contributed by atoms with E-state index < -0.39 is 0 Å². The van der Waals surface area contributed by atoms with Crippen LogP contribution in [0.5, 0.6) is 0 Å². The molecule has 27 heavy (non-hydrogen) atoms. The molecule has 2 N–H and O–H groups in total. The Morgan fingerprint density at radius 1 is 1.04 bits per heavy atom. The molecule has 3 amide bonds. The van der Waals surface area contributed by atoms with Crippen LogP contribution in [0.15, 0.2) is 54.6 Å². The Balaban J connectivity index is 1.38. The zero-order valence-electron chi connectivity index (χ0n) is 15.2. The molecule has 0 unspecified atom stereocenters. The summed E-state index contributed by atoms with van der Waals surface area (Å²) in [5.41, 5.74) is 1.85. The molecule has 1 fully saturated rings. The Labute approximate surface area is 164 Å². The zero-order valence-corrected chi connectivity index (χ0v) is 15.9. The Kier molecular flexibility index (Phi) is 6.71. The van der Waals surface area contributed by atoms with Crippen LogP contribution in [-0.2, 0) is 11.2 Å². The molecule has 0 aromatic heterocycles. The summed E-state index contributed by atoms with van der Waals surface area (Å²) in [5.74, 6) is 0.0437. The highest BCUT2D eigenvalue weighted by Crippen LogP contribution is 2.15. The molecule has 142 valence electrons. The lowest BCUT2D eigenvalue weighted by Gasteiger charge is -2.32. The van der Waals surface area contributed by atoms with Crippen LogP contribution in [-0.4, -0.2) is 36.0 Å². The third-order valence-corrected chi connectivity index (χ3v) is 4.94. The minimum Gasteiger partial charge on any atom is -0.353 e. The van der Waals surface area contributed by atoms with Gasteiger partial charge >= 0.3 is 6.03 Å². The van der Waals surface area contributed by atoms with Gasteiger partial charge in [-0.15, -0.1) is 0 Å². The number of aryl methyl sites for hydroxylation is 1. The first-order valence-corrected chi connectivity index (χ1v) is 9.63. The number of benzene rings is 2. The van der Waals surface area contributed by atoms with Crippen LogP contribution >= 0.6 is 11.6 Å². The summed E-state index contributed by atoms with van der Waals surface area (Å²) in [6, 6.07) is 17.0. The fourth-order valence-electron chi connectivity index (χ4n) is 3.20. The molecular formula is C21H24ClN3O2. The number of nitrogens with zero attached hydrogens (tertiary/aromatic N) is 1. The first kappa shape index (κ1) is 19.2. The zero-order chi connectivity index (χ0) is 19.1. The Morgan fingerprint density at radius 2 is 1.78 bits per heavy atom. The van der Waals surface area contributed by atoms with E-state index in [1.807, 2.05) is 54.6 Å². The predicted octanol–water partition coefficient (Wildman–Crippen LogP) is 4.09. The summed E-state index contributed by atoms with van der Waals surface area (Å²) in [5, 5.41) is 6.67. The summed E-state index contributed by atoms with van der Waals surface area (Å²) >= 11 is 5.97. The molecule has 1 aliphatic heterocycles. The van der Waals surface area contributed by atoms with E-state index in [9.17, 15) is 9.59 Å². The van der Waals surface area contributed by atoms with E-state index in [4.69, 9.17) is 11.6 Å². The maximum absolute atomic E-state index is 12.3. The van der Waals surface area contributed by atoms with Crippen LogP contribution in [0.3, 0.4) is 0 Å². The van der Waals surface area contributed by atoms with E-state index >= 15 is 0 Å². The van der Waals surface area contributed by atoms with Crippen molar-refractivity contribution in [3.63, 3.8) is 0 Å². The van der Waals surface area contributed by atoms with Gasteiger partial charge in [0.15, 0.2) is 0 Å². The van der Waals surface area contributed by atoms with Crippen molar-refractivity contribution in [2.24, 2.45) is 0 Å².